The van der Waals surface area contributed by atoms with Gasteiger partial charge in [-0.3, -0.25) is 9.59 Å². The van der Waals surface area contributed by atoms with Crippen molar-refractivity contribution in [2.45, 2.75) is 66.4 Å². The van der Waals surface area contributed by atoms with Gasteiger partial charge in [-0.15, -0.1) is 0 Å². The highest BCUT2D eigenvalue weighted by Gasteiger charge is 2.57. The minimum atomic E-state index is -0.888. The van der Waals surface area contributed by atoms with Crippen LogP contribution in [0.2, 0.25) is 0 Å². The number of Topliss-reactive ketones (excluding diaryl/α,β-unsaturated/α-hetero) is 2. The summed E-state index contributed by atoms with van der Waals surface area (Å²) in [5.74, 6) is -1.40. The Balaban J connectivity index is 2.27. The molecule has 3 atom stereocenters. The number of hydrogen-bond acceptors (Lipinski definition) is 4. The zero-order chi connectivity index (χ0) is 18.0. The summed E-state index contributed by atoms with van der Waals surface area (Å²) in [5, 5.41) is 21.5. The Labute approximate surface area is 143 Å². The maximum Gasteiger partial charge on any atom is 0.233 e. The Hall–Kier alpha value is -1.42. The van der Waals surface area contributed by atoms with E-state index in [-0.39, 0.29) is 28.6 Å². The topological polar surface area (TPSA) is 74.6 Å². The van der Waals surface area contributed by atoms with Crippen LogP contribution in [0.3, 0.4) is 0 Å². The number of hydrogen-bond donors (Lipinski definition) is 2. The third-order valence-electron chi connectivity index (χ3n) is 6.63. The van der Waals surface area contributed by atoms with Crippen LogP contribution in [0.25, 0.3) is 0 Å². The number of carbonyl (C=O) groups is 2. The van der Waals surface area contributed by atoms with Gasteiger partial charge in [-0.05, 0) is 36.5 Å². The lowest BCUT2D eigenvalue weighted by molar-refractivity contribution is -0.135. The van der Waals surface area contributed by atoms with Crippen molar-refractivity contribution in [1.82, 2.24) is 0 Å². The largest absolute Gasteiger partial charge is 0.507 e. The quantitative estimate of drug-likeness (QED) is 0.569. The third kappa shape index (κ3) is 2.15. The van der Waals surface area contributed by atoms with Crippen LogP contribution in [-0.2, 0) is 9.59 Å². The molecule has 1 fully saturated rings. The van der Waals surface area contributed by atoms with E-state index in [1.807, 2.05) is 6.92 Å². The summed E-state index contributed by atoms with van der Waals surface area (Å²) >= 11 is 0. The van der Waals surface area contributed by atoms with Gasteiger partial charge in [0, 0.05) is 22.1 Å². The molecule has 132 valence electrons. The molecule has 0 spiro atoms. The molecule has 1 unspecified atom stereocenters. The number of allylic oxidation sites excluding steroid dienone is 2. The lowest BCUT2D eigenvalue weighted by Gasteiger charge is -2.56. The predicted molar refractivity (Wildman–Crippen MR) is 91.4 cm³/mol. The van der Waals surface area contributed by atoms with Gasteiger partial charge in [0.15, 0.2) is 0 Å². The molecule has 0 bridgehead atoms. The summed E-state index contributed by atoms with van der Waals surface area (Å²) in [7, 11) is 0. The van der Waals surface area contributed by atoms with Crippen molar-refractivity contribution in [2.75, 3.05) is 0 Å². The van der Waals surface area contributed by atoms with Gasteiger partial charge in [-0.25, -0.2) is 0 Å². The van der Waals surface area contributed by atoms with Crippen molar-refractivity contribution in [3.05, 3.63) is 22.5 Å². The average molecular weight is 332 g/mol. The van der Waals surface area contributed by atoms with Crippen LogP contribution >= 0.6 is 0 Å². The number of fused-ring (bicyclic) bond motifs is 2. The molecule has 0 amide bonds. The van der Waals surface area contributed by atoms with Gasteiger partial charge in [0.1, 0.15) is 5.76 Å². The molecule has 0 aromatic rings. The minimum Gasteiger partial charge on any atom is -0.507 e. The van der Waals surface area contributed by atoms with Crippen LogP contribution in [0.1, 0.15) is 60.3 Å². The second kappa shape index (κ2) is 5.29. The van der Waals surface area contributed by atoms with Gasteiger partial charge < -0.3 is 10.2 Å². The highest BCUT2D eigenvalue weighted by molar-refractivity contribution is 6.50. The zero-order valence-corrected chi connectivity index (χ0v) is 15.3. The SMILES string of the molecule is CC(C)C1=C(O)C2=C(C(=O)C1=O)[C@@]1(C)CCCC(C)(C)[C@@H]1CC2O. The monoisotopic (exact) mass is 332 g/mol. The molecule has 3 rings (SSSR count). The average Bonchev–Trinajstić information content (AvgIpc) is 2.45. The predicted octanol–water partition coefficient (Wildman–Crippen LogP) is 3.50. The maximum absolute atomic E-state index is 13.0. The lowest BCUT2D eigenvalue weighted by atomic mass is 9.48. The molecule has 0 aromatic carbocycles. The first-order valence-corrected chi connectivity index (χ1v) is 8.97. The van der Waals surface area contributed by atoms with Gasteiger partial charge in [-0.1, -0.05) is 41.0 Å². The first-order chi connectivity index (χ1) is 11.0. The Bertz CT molecular complexity index is 680. The second-order valence-electron chi connectivity index (χ2n) is 8.93. The standard InChI is InChI=1S/C20H28O4/c1-10(2)13-16(22)14-11(21)9-12-19(3,4)7-6-8-20(12,5)15(14)18(24)17(13)23/h10-12,21-22H,6-9H2,1-5H3/t11?,12-,20-/m0/s1. The Kier molecular flexibility index (Phi) is 3.83. The molecule has 0 radical (unpaired) electrons. The molecule has 2 N–H and O–H groups in total. The van der Waals surface area contributed by atoms with Crippen LogP contribution in [-0.4, -0.2) is 27.9 Å². The lowest BCUT2D eigenvalue weighted by Crippen LogP contribution is -2.52. The van der Waals surface area contributed by atoms with Crippen LogP contribution < -0.4 is 0 Å². The Morgan fingerprint density at radius 3 is 2.29 bits per heavy atom. The number of ketones is 2. The number of aliphatic hydroxyl groups excluding tert-OH is 2. The Morgan fingerprint density at radius 1 is 1.08 bits per heavy atom. The molecule has 0 heterocycles. The fraction of sp³-hybridized carbons (Fsp3) is 0.700. The summed E-state index contributed by atoms with van der Waals surface area (Å²) in [6.07, 6.45) is 2.48. The van der Waals surface area contributed by atoms with Crippen LogP contribution in [0, 0.1) is 22.7 Å². The van der Waals surface area contributed by atoms with Crippen molar-refractivity contribution < 1.29 is 19.8 Å². The smallest absolute Gasteiger partial charge is 0.233 e. The second-order valence-corrected chi connectivity index (χ2v) is 8.93. The summed E-state index contributed by atoms with van der Waals surface area (Å²) in [6.45, 7) is 9.96. The zero-order valence-electron chi connectivity index (χ0n) is 15.3. The van der Waals surface area contributed by atoms with Gasteiger partial charge >= 0.3 is 0 Å². The number of carbonyl (C=O) groups excluding carboxylic acids is 2. The van der Waals surface area contributed by atoms with E-state index < -0.39 is 23.1 Å². The summed E-state index contributed by atoms with van der Waals surface area (Å²) < 4.78 is 0. The molecule has 4 nitrogen and oxygen atoms in total. The number of aliphatic hydroxyl groups is 2. The van der Waals surface area contributed by atoms with Gasteiger partial charge in [0.05, 0.1) is 6.10 Å². The maximum atomic E-state index is 13.0. The third-order valence-corrected chi connectivity index (χ3v) is 6.63. The molecule has 24 heavy (non-hydrogen) atoms. The van der Waals surface area contributed by atoms with E-state index in [9.17, 15) is 19.8 Å². The van der Waals surface area contributed by atoms with Crippen molar-refractivity contribution in [1.29, 1.82) is 0 Å². The van der Waals surface area contributed by atoms with E-state index >= 15 is 0 Å². The number of rotatable bonds is 1. The normalized spacial score (nSPS) is 36.1. The molecule has 4 heteroatoms. The molecular formula is C20H28O4. The van der Waals surface area contributed by atoms with Crippen LogP contribution in [0.15, 0.2) is 22.5 Å². The van der Waals surface area contributed by atoms with Crippen LogP contribution in [0.5, 0.6) is 0 Å². The molecule has 3 aliphatic rings. The van der Waals surface area contributed by atoms with Gasteiger partial charge in [0.25, 0.3) is 0 Å². The fourth-order valence-corrected chi connectivity index (χ4v) is 5.50. The highest BCUT2D eigenvalue weighted by atomic mass is 16.3. The molecule has 0 aliphatic heterocycles. The van der Waals surface area contributed by atoms with Crippen LogP contribution in [0.4, 0.5) is 0 Å². The van der Waals surface area contributed by atoms with Crippen molar-refractivity contribution in [2.24, 2.45) is 22.7 Å². The van der Waals surface area contributed by atoms with E-state index in [0.29, 0.717) is 17.6 Å². The van der Waals surface area contributed by atoms with Gasteiger partial charge in [0.2, 0.25) is 11.6 Å². The molecule has 1 saturated carbocycles. The first-order valence-electron chi connectivity index (χ1n) is 8.97. The summed E-state index contributed by atoms with van der Waals surface area (Å²) in [4.78, 5) is 25.6. The summed E-state index contributed by atoms with van der Waals surface area (Å²) in [5.41, 5.74) is 0.383. The molecule has 3 aliphatic carbocycles. The highest BCUT2D eigenvalue weighted by Crippen LogP contribution is 2.61. The van der Waals surface area contributed by atoms with Crippen molar-refractivity contribution in [3.8, 4) is 0 Å². The molecular weight excluding hydrogens is 304 g/mol. The van der Waals surface area contributed by atoms with Crippen molar-refractivity contribution >= 4 is 11.6 Å². The fourth-order valence-electron chi connectivity index (χ4n) is 5.50. The molecule has 0 aromatic heterocycles. The van der Waals surface area contributed by atoms with E-state index in [4.69, 9.17) is 0 Å². The Morgan fingerprint density at radius 2 is 1.71 bits per heavy atom. The first kappa shape index (κ1) is 17.4. The van der Waals surface area contributed by atoms with E-state index in [2.05, 4.69) is 13.8 Å². The van der Waals surface area contributed by atoms with E-state index in [0.717, 1.165) is 19.3 Å². The van der Waals surface area contributed by atoms with Gasteiger partial charge in [-0.2, -0.15) is 0 Å². The molecule has 0 saturated heterocycles. The minimum absolute atomic E-state index is 0.00645. The summed E-state index contributed by atoms with van der Waals surface area (Å²) in [6, 6.07) is 0. The van der Waals surface area contributed by atoms with E-state index in [1.54, 1.807) is 13.8 Å². The van der Waals surface area contributed by atoms with E-state index in [1.165, 1.54) is 0 Å². The van der Waals surface area contributed by atoms with Crippen molar-refractivity contribution in [3.63, 3.8) is 0 Å².